The van der Waals surface area contributed by atoms with Crippen LogP contribution in [0.5, 0.6) is 0 Å². The number of hydrogen-bond donors (Lipinski definition) is 3. The summed E-state index contributed by atoms with van der Waals surface area (Å²) in [6.07, 6.45) is 1.55. The van der Waals surface area contributed by atoms with Crippen LogP contribution in [0.25, 0.3) is 22.2 Å². The van der Waals surface area contributed by atoms with Gasteiger partial charge in [-0.15, -0.1) is 0 Å². The first-order valence-electron chi connectivity index (χ1n) is 9.65. The zero-order valence-electron chi connectivity index (χ0n) is 17.3. The Bertz CT molecular complexity index is 1550. The highest BCUT2D eigenvalue weighted by Gasteiger charge is 2.39. The number of nitrogens with zero attached hydrogens (tertiary/aromatic N) is 3. The number of pyridine rings is 1. The molecule has 168 valence electrons. The van der Waals surface area contributed by atoms with E-state index in [1.54, 1.807) is 24.4 Å². The van der Waals surface area contributed by atoms with Gasteiger partial charge in [-0.25, -0.2) is 13.1 Å². The highest BCUT2D eigenvalue weighted by atomic mass is 32.2. The zero-order chi connectivity index (χ0) is 23.8. The summed E-state index contributed by atoms with van der Waals surface area (Å²) in [5.74, 6) is -4.97. The molecule has 2 aromatic heterocycles. The molecule has 0 aliphatic heterocycles. The Kier molecular flexibility index (Phi) is 5.60. The standard InChI is InChI=1S/C22H18F2N6O2S/c1-27-33(31,32)17-6-2-4-15(13-17)19-9-10-20(25)30(29-19)21(26)22(23,24)16-7-8-18-14(12-16)5-3-11-28-18/h2-13,25-27H,1H3. The molecule has 0 atom stereocenters. The third kappa shape index (κ3) is 4.15. The van der Waals surface area contributed by atoms with E-state index in [1.807, 2.05) is 0 Å². The summed E-state index contributed by atoms with van der Waals surface area (Å²) in [4.78, 5) is 4.07. The van der Waals surface area contributed by atoms with E-state index in [2.05, 4.69) is 14.8 Å². The van der Waals surface area contributed by atoms with Crippen LogP contribution in [0, 0.1) is 10.8 Å². The molecule has 0 fully saturated rings. The van der Waals surface area contributed by atoms with Crippen LogP contribution in [0.1, 0.15) is 5.56 Å². The van der Waals surface area contributed by atoms with Crippen LogP contribution in [0.3, 0.4) is 0 Å². The second kappa shape index (κ2) is 8.26. The highest BCUT2D eigenvalue weighted by molar-refractivity contribution is 7.89. The molecule has 2 heterocycles. The molecule has 8 nitrogen and oxygen atoms in total. The minimum atomic E-state index is -3.76. The maximum Gasteiger partial charge on any atom is 0.331 e. The molecule has 0 radical (unpaired) electrons. The third-order valence-corrected chi connectivity index (χ3v) is 6.43. The van der Waals surface area contributed by atoms with Crippen LogP contribution in [0.15, 0.2) is 77.8 Å². The van der Waals surface area contributed by atoms with E-state index in [-0.39, 0.29) is 10.6 Å². The lowest BCUT2D eigenvalue weighted by atomic mass is 10.0. The molecule has 33 heavy (non-hydrogen) atoms. The van der Waals surface area contributed by atoms with Gasteiger partial charge in [-0.2, -0.15) is 18.6 Å². The van der Waals surface area contributed by atoms with Crippen LogP contribution >= 0.6 is 0 Å². The summed E-state index contributed by atoms with van der Waals surface area (Å²) in [6.45, 7) is 0. The third-order valence-electron chi connectivity index (χ3n) is 5.02. The van der Waals surface area contributed by atoms with Crippen molar-refractivity contribution in [3.63, 3.8) is 0 Å². The van der Waals surface area contributed by atoms with Crippen LogP contribution in [0.4, 0.5) is 8.78 Å². The number of benzene rings is 2. The topological polar surface area (TPSA) is 125 Å². The number of nitrogens with one attached hydrogen (secondary N) is 3. The summed E-state index contributed by atoms with van der Waals surface area (Å²) >= 11 is 0. The minimum absolute atomic E-state index is 0.0315. The van der Waals surface area contributed by atoms with Gasteiger partial charge in [0.15, 0.2) is 5.84 Å². The fourth-order valence-electron chi connectivity index (χ4n) is 3.23. The quantitative estimate of drug-likeness (QED) is 0.307. The summed E-state index contributed by atoms with van der Waals surface area (Å²) < 4.78 is 57.4. The monoisotopic (exact) mass is 468 g/mol. The van der Waals surface area contributed by atoms with Crippen molar-refractivity contribution < 1.29 is 17.2 Å². The van der Waals surface area contributed by atoms with Crippen molar-refractivity contribution in [3.8, 4) is 11.3 Å². The maximum atomic E-state index is 15.3. The Morgan fingerprint density at radius 3 is 2.61 bits per heavy atom. The summed E-state index contributed by atoms with van der Waals surface area (Å²) in [5, 5.41) is 20.7. The van der Waals surface area contributed by atoms with Crippen molar-refractivity contribution in [2.45, 2.75) is 10.8 Å². The molecule has 11 heteroatoms. The first kappa shape index (κ1) is 22.4. The fraction of sp³-hybridized carbons (Fsp3) is 0.0909. The van der Waals surface area contributed by atoms with Gasteiger partial charge in [0, 0.05) is 22.7 Å². The molecule has 2 aromatic carbocycles. The van der Waals surface area contributed by atoms with Gasteiger partial charge < -0.3 is 0 Å². The Morgan fingerprint density at radius 2 is 1.85 bits per heavy atom. The van der Waals surface area contributed by atoms with Crippen LogP contribution in [0.2, 0.25) is 0 Å². The van der Waals surface area contributed by atoms with Gasteiger partial charge in [-0.1, -0.05) is 24.3 Å². The lowest BCUT2D eigenvalue weighted by molar-refractivity contribution is 0.0697. The first-order chi connectivity index (χ1) is 15.6. The van der Waals surface area contributed by atoms with Gasteiger partial charge in [-0.05, 0) is 49.5 Å². The van der Waals surface area contributed by atoms with Gasteiger partial charge in [0.2, 0.25) is 10.0 Å². The predicted octanol–water partition coefficient (Wildman–Crippen LogP) is 3.10. The van der Waals surface area contributed by atoms with Gasteiger partial charge >= 0.3 is 5.92 Å². The van der Waals surface area contributed by atoms with E-state index in [9.17, 15) is 8.42 Å². The fourth-order valence-corrected chi connectivity index (χ4v) is 4.00. The number of fused-ring (bicyclic) bond motifs is 1. The maximum absolute atomic E-state index is 15.3. The zero-order valence-corrected chi connectivity index (χ0v) is 18.1. The number of aromatic nitrogens is 3. The van der Waals surface area contributed by atoms with E-state index in [0.29, 0.717) is 21.1 Å². The first-order valence-corrected chi connectivity index (χ1v) is 11.1. The highest BCUT2D eigenvalue weighted by Crippen LogP contribution is 2.31. The van der Waals surface area contributed by atoms with E-state index in [0.717, 1.165) is 0 Å². The van der Waals surface area contributed by atoms with Crippen LogP contribution in [-0.4, -0.2) is 36.1 Å². The van der Waals surface area contributed by atoms with Gasteiger partial charge in [0.25, 0.3) is 0 Å². The second-order valence-electron chi connectivity index (χ2n) is 7.08. The van der Waals surface area contributed by atoms with E-state index in [4.69, 9.17) is 10.8 Å². The molecule has 0 amide bonds. The molecule has 0 bridgehead atoms. The molecule has 4 aromatic rings. The number of halogens is 2. The average molecular weight is 468 g/mol. The Morgan fingerprint density at radius 1 is 1.06 bits per heavy atom. The van der Waals surface area contributed by atoms with Crippen molar-refractivity contribution in [2.24, 2.45) is 0 Å². The Balaban J connectivity index is 1.76. The smallest absolute Gasteiger partial charge is 0.283 e. The van der Waals surface area contributed by atoms with Crippen molar-refractivity contribution in [2.75, 3.05) is 7.05 Å². The van der Waals surface area contributed by atoms with Crippen LogP contribution in [-0.2, 0) is 15.9 Å². The predicted molar refractivity (Wildman–Crippen MR) is 119 cm³/mol. The van der Waals surface area contributed by atoms with Gasteiger partial charge in [0.1, 0.15) is 5.49 Å². The average Bonchev–Trinajstić information content (AvgIpc) is 2.83. The molecular formula is C22H18F2N6O2S. The molecular weight excluding hydrogens is 450 g/mol. The lowest BCUT2D eigenvalue weighted by Crippen LogP contribution is -2.39. The van der Waals surface area contributed by atoms with E-state index < -0.39 is 32.8 Å². The van der Waals surface area contributed by atoms with Crippen molar-refractivity contribution in [1.29, 1.82) is 10.8 Å². The molecule has 3 N–H and O–H groups in total. The molecule has 0 saturated carbocycles. The number of sulfonamides is 1. The second-order valence-corrected chi connectivity index (χ2v) is 8.97. The van der Waals surface area contributed by atoms with E-state index >= 15 is 8.78 Å². The molecule has 4 rings (SSSR count). The SMILES string of the molecule is CNS(=O)(=O)c1cccc(-c2ccc(=N)n(C(=N)C(F)(F)c3ccc4ncccc4c3)n2)c1. The van der Waals surface area contributed by atoms with E-state index in [1.165, 1.54) is 55.6 Å². The van der Waals surface area contributed by atoms with Gasteiger partial charge in [-0.3, -0.25) is 15.8 Å². The summed E-state index contributed by atoms with van der Waals surface area (Å²) in [5.41, 5.74) is 0.128. The molecule has 0 unspecified atom stereocenters. The summed E-state index contributed by atoms with van der Waals surface area (Å²) in [6, 6.07) is 15.5. The van der Waals surface area contributed by atoms with Crippen molar-refractivity contribution >= 4 is 26.8 Å². The molecule has 0 spiro atoms. The molecule has 0 aliphatic carbocycles. The normalized spacial score (nSPS) is 12.1. The number of hydrogen-bond acceptors (Lipinski definition) is 6. The van der Waals surface area contributed by atoms with Crippen molar-refractivity contribution in [1.82, 2.24) is 19.5 Å². The van der Waals surface area contributed by atoms with Crippen LogP contribution < -0.4 is 10.2 Å². The largest absolute Gasteiger partial charge is 0.331 e. The minimum Gasteiger partial charge on any atom is -0.283 e. The molecule has 0 saturated heterocycles. The Hall–Kier alpha value is -3.83. The number of rotatable bonds is 5. The molecule has 0 aliphatic rings. The lowest BCUT2D eigenvalue weighted by Gasteiger charge is -2.19. The number of alkyl halides is 2. The van der Waals surface area contributed by atoms with Gasteiger partial charge in [0.05, 0.1) is 16.1 Å². The Labute approximate surface area is 187 Å². The van der Waals surface area contributed by atoms with Crippen molar-refractivity contribution in [3.05, 3.63) is 84.0 Å². The summed E-state index contributed by atoms with van der Waals surface area (Å²) in [7, 11) is -2.46.